The molecular formula is C12H10BrNS. The summed E-state index contributed by atoms with van der Waals surface area (Å²) in [5, 5.41) is 1.03. The Morgan fingerprint density at radius 2 is 1.93 bits per heavy atom. The van der Waals surface area contributed by atoms with Crippen LogP contribution in [0.25, 0.3) is 0 Å². The number of hydrogen-bond acceptors (Lipinski definition) is 2. The van der Waals surface area contributed by atoms with Crippen molar-refractivity contribution in [3.05, 3.63) is 52.6 Å². The van der Waals surface area contributed by atoms with Crippen molar-refractivity contribution in [1.29, 1.82) is 0 Å². The zero-order valence-electron chi connectivity index (χ0n) is 8.27. The molecule has 15 heavy (non-hydrogen) atoms. The van der Waals surface area contributed by atoms with Gasteiger partial charge in [-0.15, -0.1) is 0 Å². The predicted molar refractivity (Wildman–Crippen MR) is 67.2 cm³/mol. The summed E-state index contributed by atoms with van der Waals surface area (Å²) in [5.74, 6) is 0. The first-order valence-corrected chi connectivity index (χ1v) is 6.22. The Kier molecular flexibility index (Phi) is 3.44. The fourth-order valence-corrected chi connectivity index (χ4v) is 2.27. The molecule has 1 aromatic carbocycles. The van der Waals surface area contributed by atoms with Crippen LogP contribution in [0.15, 0.2) is 57.0 Å². The van der Waals surface area contributed by atoms with Gasteiger partial charge in [0.25, 0.3) is 0 Å². The van der Waals surface area contributed by atoms with Crippen molar-refractivity contribution in [2.75, 3.05) is 0 Å². The molecule has 0 aliphatic rings. The topological polar surface area (TPSA) is 12.9 Å². The van der Waals surface area contributed by atoms with Crippen LogP contribution >= 0.6 is 27.7 Å². The minimum absolute atomic E-state index is 1.03. The van der Waals surface area contributed by atoms with E-state index in [4.69, 9.17) is 0 Å². The average Bonchev–Trinajstić information content (AvgIpc) is 2.25. The predicted octanol–water partition coefficient (Wildman–Crippen LogP) is 4.30. The van der Waals surface area contributed by atoms with Gasteiger partial charge < -0.3 is 0 Å². The molecule has 1 aromatic heterocycles. The molecule has 3 heteroatoms. The van der Waals surface area contributed by atoms with Crippen molar-refractivity contribution in [2.24, 2.45) is 0 Å². The molecule has 0 N–H and O–H groups in total. The number of hydrogen-bond donors (Lipinski definition) is 0. The minimum atomic E-state index is 1.03. The van der Waals surface area contributed by atoms with E-state index in [1.165, 1.54) is 10.5 Å². The lowest BCUT2D eigenvalue weighted by Crippen LogP contribution is -1.83. The van der Waals surface area contributed by atoms with Crippen molar-refractivity contribution >= 4 is 27.7 Å². The number of rotatable bonds is 2. The molecule has 0 aliphatic carbocycles. The second-order valence-electron chi connectivity index (χ2n) is 3.19. The van der Waals surface area contributed by atoms with Crippen LogP contribution in [-0.4, -0.2) is 4.98 Å². The van der Waals surface area contributed by atoms with Crippen LogP contribution in [0.5, 0.6) is 0 Å². The quantitative estimate of drug-likeness (QED) is 0.813. The van der Waals surface area contributed by atoms with Gasteiger partial charge in [-0.1, -0.05) is 30.0 Å². The minimum Gasteiger partial charge on any atom is -0.248 e. The van der Waals surface area contributed by atoms with Gasteiger partial charge in [-0.05, 0) is 46.6 Å². The zero-order chi connectivity index (χ0) is 10.7. The summed E-state index contributed by atoms with van der Waals surface area (Å²) < 4.78 is 1.06. The van der Waals surface area contributed by atoms with E-state index < -0.39 is 0 Å². The highest BCUT2D eigenvalue weighted by atomic mass is 79.9. The van der Waals surface area contributed by atoms with Gasteiger partial charge in [-0.3, -0.25) is 0 Å². The lowest BCUT2D eigenvalue weighted by molar-refractivity contribution is 1.10. The molecule has 0 radical (unpaired) electrons. The van der Waals surface area contributed by atoms with Crippen molar-refractivity contribution in [3.63, 3.8) is 0 Å². The summed E-state index contributed by atoms with van der Waals surface area (Å²) in [7, 11) is 0. The number of pyridine rings is 1. The van der Waals surface area contributed by atoms with Gasteiger partial charge >= 0.3 is 0 Å². The molecule has 0 saturated heterocycles. The summed E-state index contributed by atoms with van der Waals surface area (Å²) in [5.41, 5.74) is 1.21. The summed E-state index contributed by atoms with van der Waals surface area (Å²) in [6.45, 7) is 2.07. The van der Waals surface area contributed by atoms with E-state index in [1.807, 2.05) is 24.4 Å². The first kappa shape index (κ1) is 10.7. The first-order chi connectivity index (χ1) is 7.25. The molecule has 1 nitrogen and oxygen atoms in total. The Bertz CT molecular complexity index is 456. The molecule has 0 fully saturated rings. The first-order valence-electron chi connectivity index (χ1n) is 4.61. The average molecular weight is 280 g/mol. The maximum Gasteiger partial charge on any atom is 0.101 e. The van der Waals surface area contributed by atoms with Gasteiger partial charge in [-0.2, -0.15) is 0 Å². The largest absolute Gasteiger partial charge is 0.248 e. The third-order valence-electron chi connectivity index (χ3n) is 1.99. The van der Waals surface area contributed by atoms with Crippen molar-refractivity contribution in [1.82, 2.24) is 4.98 Å². The summed E-state index contributed by atoms with van der Waals surface area (Å²) in [6.07, 6.45) is 1.85. The third-order valence-corrected chi connectivity index (χ3v) is 3.76. The Labute approximate surface area is 102 Å². The van der Waals surface area contributed by atoms with E-state index in [2.05, 4.69) is 46.0 Å². The van der Waals surface area contributed by atoms with Crippen molar-refractivity contribution in [3.8, 4) is 0 Å². The monoisotopic (exact) mass is 279 g/mol. The molecule has 0 spiro atoms. The fourth-order valence-electron chi connectivity index (χ4n) is 1.18. The SMILES string of the molecule is Cc1cc(Sc2ccccc2)ncc1Br. The highest BCUT2D eigenvalue weighted by Gasteiger charge is 2.00. The second-order valence-corrected chi connectivity index (χ2v) is 5.13. The number of aryl methyl sites for hydroxylation is 1. The van der Waals surface area contributed by atoms with Crippen LogP contribution in [0.1, 0.15) is 5.56 Å². The van der Waals surface area contributed by atoms with Crippen LogP contribution in [0.4, 0.5) is 0 Å². The van der Waals surface area contributed by atoms with Crippen LogP contribution in [0.2, 0.25) is 0 Å². The van der Waals surface area contributed by atoms with Crippen molar-refractivity contribution in [2.45, 2.75) is 16.8 Å². The molecule has 0 bridgehead atoms. The third kappa shape index (κ3) is 2.83. The lowest BCUT2D eigenvalue weighted by Gasteiger charge is -2.02. The molecule has 2 aromatic rings. The number of aromatic nitrogens is 1. The molecular weight excluding hydrogens is 270 g/mol. The summed E-state index contributed by atoms with van der Waals surface area (Å²) in [6, 6.07) is 12.3. The van der Waals surface area contributed by atoms with Gasteiger partial charge in [-0.25, -0.2) is 4.98 Å². The number of nitrogens with zero attached hydrogens (tertiary/aromatic N) is 1. The van der Waals surface area contributed by atoms with Crippen molar-refractivity contribution < 1.29 is 0 Å². The molecule has 0 unspecified atom stereocenters. The summed E-state index contributed by atoms with van der Waals surface area (Å²) in [4.78, 5) is 5.57. The maximum absolute atomic E-state index is 4.35. The van der Waals surface area contributed by atoms with Crippen LogP contribution < -0.4 is 0 Å². The fraction of sp³-hybridized carbons (Fsp3) is 0.0833. The second kappa shape index (κ2) is 4.81. The van der Waals surface area contributed by atoms with Crippen LogP contribution in [0, 0.1) is 6.92 Å². The standard InChI is InChI=1S/C12H10BrNS/c1-9-7-12(14-8-11(9)13)15-10-5-3-2-4-6-10/h2-8H,1H3. The van der Waals surface area contributed by atoms with E-state index >= 15 is 0 Å². The molecule has 0 atom stereocenters. The van der Waals surface area contributed by atoms with Gasteiger partial charge in [0.15, 0.2) is 0 Å². The molecule has 0 aliphatic heterocycles. The molecule has 0 saturated carbocycles. The Balaban J connectivity index is 2.22. The normalized spacial score (nSPS) is 10.3. The van der Waals surface area contributed by atoms with E-state index in [1.54, 1.807) is 11.8 Å². The van der Waals surface area contributed by atoms with E-state index in [0.29, 0.717) is 0 Å². The molecule has 2 rings (SSSR count). The Morgan fingerprint density at radius 1 is 1.20 bits per heavy atom. The Hall–Kier alpha value is -0.800. The molecule has 1 heterocycles. The zero-order valence-corrected chi connectivity index (χ0v) is 10.7. The van der Waals surface area contributed by atoms with Crippen LogP contribution in [0.3, 0.4) is 0 Å². The molecule has 0 amide bonds. The highest BCUT2D eigenvalue weighted by molar-refractivity contribution is 9.10. The van der Waals surface area contributed by atoms with Gasteiger partial charge in [0.1, 0.15) is 5.03 Å². The summed E-state index contributed by atoms with van der Waals surface area (Å²) >= 11 is 5.12. The van der Waals surface area contributed by atoms with E-state index in [0.717, 1.165) is 9.50 Å². The molecule has 76 valence electrons. The smallest absolute Gasteiger partial charge is 0.101 e. The number of halogens is 1. The van der Waals surface area contributed by atoms with Crippen LogP contribution in [-0.2, 0) is 0 Å². The van der Waals surface area contributed by atoms with E-state index in [9.17, 15) is 0 Å². The van der Waals surface area contributed by atoms with E-state index in [-0.39, 0.29) is 0 Å². The number of benzene rings is 1. The van der Waals surface area contributed by atoms with Gasteiger partial charge in [0.05, 0.1) is 0 Å². The maximum atomic E-state index is 4.35. The Morgan fingerprint density at radius 3 is 2.60 bits per heavy atom. The van der Waals surface area contributed by atoms with Gasteiger partial charge in [0.2, 0.25) is 0 Å². The van der Waals surface area contributed by atoms with Gasteiger partial charge in [0, 0.05) is 15.6 Å². The lowest BCUT2D eigenvalue weighted by atomic mass is 10.3. The highest BCUT2D eigenvalue weighted by Crippen LogP contribution is 2.27.